The topological polar surface area (TPSA) is 12.4 Å². The summed E-state index contributed by atoms with van der Waals surface area (Å²) in [6, 6.07) is 8.33. The van der Waals surface area contributed by atoms with Crippen molar-refractivity contribution in [3.63, 3.8) is 0 Å². The molecule has 0 saturated carbocycles. The molecule has 0 unspecified atom stereocenters. The van der Waals surface area contributed by atoms with Gasteiger partial charge in [-0.3, -0.25) is 4.99 Å². The van der Waals surface area contributed by atoms with Crippen LogP contribution in [0.5, 0.6) is 0 Å². The molecule has 0 aromatic heterocycles. The quantitative estimate of drug-likeness (QED) is 0.676. The molecule has 1 aromatic carbocycles. The Morgan fingerprint density at radius 2 is 2.19 bits per heavy atom. The molecule has 0 fully saturated rings. The van der Waals surface area contributed by atoms with Gasteiger partial charge in [-0.2, -0.15) is 0 Å². The van der Waals surface area contributed by atoms with E-state index in [1.54, 1.807) is 0 Å². The van der Waals surface area contributed by atoms with E-state index in [4.69, 9.17) is 0 Å². The van der Waals surface area contributed by atoms with Gasteiger partial charge in [0, 0.05) is 6.21 Å². The Labute approximate surface area is 97.2 Å². The predicted octanol–water partition coefficient (Wildman–Crippen LogP) is 3.69. The lowest BCUT2D eigenvalue weighted by Gasteiger charge is -2.05. The van der Waals surface area contributed by atoms with Gasteiger partial charge in [0.05, 0.1) is 6.54 Å². The molecule has 16 heavy (non-hydrogen) atoms. The highest BCUT2D eigenvalue weighted by Crippen LogP contribution is 2.12. The Bertz CT molecular complexity index is 439. The predicted molar refractivity (Wildman–Crippen MR) is 70.1 cm³/mol. The minimum Gasteiger partial charge on any atom is -0.288 e. The molecule has 0 heterocycles. The van der Waals surface area contributed by atoms with Gasteiger partial charge in [-0.1, -0.05) is 42.5 Å². The number of hydrogen-bond donors (Lipinski definition) is 0. The second-order valence-corrected chi connectivity index (χ2v) is 4.12. The van der Waals surface area contributed by atoms with Gasteiger partial charge in [0.1, 0.15) is 0 Å². The first-order valence-electron chi connectivity index (χ1n) is 5.76. The smallest absolute Gasteiger partial charge is 0.0603 e. The molecule has 82 valence electrons. The number of hydrogen-bond acceptors (Lipinski definition) is 1. The second-order valence-electron chi connectivity index (χ2n) is 4.12. The maximum atomic E-state index is 4.50. The molecule has 0 bridgehead atoms. The standard InChI is InChI=1S/C15H17N/c1-13-7-5-6-10-15(13)12-16-11-14-8-3-2-4-9-14/h2-3,5-8,10,12H,4,9,11H2,1H3. The van der Waals surface area contributed by atoms with Crippen molar-refractivity contribution < 1.29 is 0 Å². The molecule has 2 rings (SSSR count). The first-order valence-corrected chi connectivity index (χ1v) is 5.76. The van der Waals surface area contributed by atoms with E-state index in [9.17, 15) is 0 Å². The highest BCUT2D eigenvalue weighted by atomic mass is 14.7. The van der Waals surface area contributed by atoms with E-state index in [1.165, 1.54) is 16.7 Å². The van der Waals surface area contributed by atoms with Gasteiger partial charge in [0.15, 0.2) is 0 Å². The number of aliphatic imine (C=N–C) groups is 1. The van der Waals surface area contributed by atoms with E-state index in [2.05, 4.69) is 54.4 Å². The summed E-state index contributed by atoms with van der Waals surface area (Å²) < 4.78 is 0. The van der Waals surface area contributed by atoms with Crippen molar-refractivity contribution in [2.75, 3.05) is 6.54 Å². The molecule has 0 N–H and O–H groups in total. The molecule has 0 saturated heterocycles. The summed E-state index contributed by atoms with van der Waals surface area (Å²) in [6.07, 6.45) is 10.8. The fourth-order valence-corrected chi connectivity index (χ4v) is 1.78. The monoisotopic (exact) mass is 211 g/mol. The maximum Gasteiger partial charge on any atom is 0.0603 e. The summed E-state index contributed by atoms with van der Waals surface area (Å²) in [4.78, 5) is 4.50. The van der Waals surface area contributed by atoms with Crippen LogP contribution in [0.15, 0.2) is 53.1 Å². The van der Waals surface area contributed by atoms with Gasteiger partial charge in [-0.15, -0.1) is 0 Å². The number of allylic oxidation sites excluding steroid dienone is 3. The van der Waals surface area contributed by atoms with E-state index >= 15 is 0 Å². The zero-order chi connectivity index (χ0) is 11.2. The highest BCUT2D eigenvalue weighted by molar-refractivity contribution is 5.81. The van der Waals surface area contributed by atoms with Gasteiger partial charge in [-0.05, 0) is 36.5 Å². The van der Waals surface area contributed by atoms with E-state index in [1.807, 2.05) is 6.21 Å². The lowest BCUT2D eigenvalue weighted by Crippen LogP contribution is -1.93. The number of nitrogens with zero attached hydrogens (tertiary/aromatic N) is 1. The van der Waals surface area contributed by atoms with Crippen molar-refractivity contribution in [2.45, 2.75) is 19.8 Å². The maximum absolute atomic E-state index is 4.50. The SMILES string of the molecule is Cc1ccccc1C=NCC1=CC=CCC1. The van der Waals surface area contributed by atoms with Crippen LogP contribution in [0.25, 0.3) is 0 Å². The molecular formula is C15H17N. The molecule has 0 aliphatic heterocycles. The van der Waals surface area contributed by atoms with E-state index in [-0.39, 0.29) is 0 Å². The average Bonchev–Trinajstić information content (AvgIpc) is 2.33. The Kier molecular flexibility index (Phi) is 3.71. The summed E-state index contributed by atoms with van der Waals surface area (Å²) in [5.74, 6) is 0. The van der Waals surface area contributed by atoms with Gasteiger partial charge in [-0.25, -0.2) is 0 Å². The van der Waals surface area contributed by atoms with Crippen LogP contribution in [0.4, 0.5) is 0 Å². The minimum atomic E-state index is 0.832. The van der Waals surface area contributed by atoms with Crippen molar-refractivity contribution in [2.24, 2.45) is 4.99 Å². The van der Waals surface area contributed by atoms with Crippen LogP contribution in [0.3, 0.4) is 0 Å². The van der Waals surface area contributed by atoms with Gasteiger partial charge in [0.2, 0.25) is 0 Å². The van der Waals surface area contributed by atoms with Crippen LogP contribution in [-0.2, 0) is 0 Å². The zero-order valence-electron chi connectivity index (χ0n) is 9.69. The first-order chi connectivity index (χ1) is 7.86. The summed E-state index contributed by atoms with van der Waals surface area (Å²) in [7, 11) is 0. The molecule has 1 aromatic rings. The third-order valence-electron chi connectivity index (χ3n) is 2.81. The second kappa shape index (κ2) is 5.45. The highest BCUT2D eigenvalue weighted by Gasteiger charge is 1.97. The molecule has 0 atom stereocenters. The van der Waals surface area contributed by atoms with E-state index in [0.717, 1.165) is 19.4 Å². The number of rotatable bonds is 3. The lowest BCUT2D eigenvalue weighted by atomic mass is 10.1. The third kappa shape index (κ3) is 2.93. The summed E-state index contributed by atoms with van der Waals surface area (Å²) >= 11 is 0. The Morgan fingerprint density at radius 1 is 1.31 bits per heavy atom. The van der Waals surface area contributed by atoms with Crippen LogP contribution in [0.1, 0.15) is 24.0 Å². The Morgan fingerprint density at radius 3 is 2.94 bits per heavy atom. The van der Waals surface area contributed by atoms with Gasteiger partial charge < -0.3 is 0 Å². The molecule has 0 amide bonds. The summed E-state index contributed by atoms with van der Waals surface area (Å²) in [5, 5.41) is 0. The fraction of sp³-hybridized carbons (Fsp3) is 0.267. The molecular weight excluding hydrogens is 194 g/mol. The molecule has 0 spiro atoms. The van der Waals surface area contributed by atoms with Crippen LogP contribution in [0, 0.1) is 6.92 Å². The Balaban J connectivity index is 1.97. The van der Waals surface area contributed by atoms with Crippen molar-refractivity contribution in [3.05, 3.63) is 59.2 Å². The van der Waals surface area contributed by atoms with Crippen molar-refractivity contribution >= 4 is 6.21 Å². The van der Waals surface area contributed by atoms with Crippen LogP contribution < -0.4 is 0 Å². The largest absolute Gasteiger partial charge is 0.288 e. The van der Waals surface area contributed by atoms with Gasteiger partial charge in [0.25, 0.3) is 0 Å². The third-order valence-corrected chi connectivity index (χ3v) is 2.81. The number of benzene rings is 1. The lowest BCUT2D eigenvalue weighted by molar-refractivity contribution is 0.918. The molecule has 1 nitrogen and oxygen atoms in total. The first kappa shape index (κ1) is 10.9. The molecule has 1 heteroatoms. The van der Waals surface area contributed by atoms with Gasteiger partial charge >= 0.3 is 0 Å². The normalized spacial score (nSPS) is 15.4. The Hall–Kier alpha value is -1.63. The zero-order valence-corrected chi connectivity index (χ0v) is 9.69. The van der Waals surface area contributed by atoms with Crippen LogP contribution >= 0.6 is 0 Å². The molecule has 0 radical (unpaired) electrons. The van der Waals surface area contributed by atoms with E-state index < -0.39 is 0 Å². The van der Waals surface area contributed by atoms with Crippen molar-refractivity contribution in [1.82, 2.24) is 0 Å². The van der Waals surface area contributed by atoms with Crippen molar-refractivity contribution in [1.29, 1.82) is 0 Å². The molecule has 1 aliphatic carbocycles. The number of aryl methyl sites for hydroxylation is 1. The van der Waals surface area contributed by atoms with E-state index in [0.29, 0.717) is 0 Å². The van der Waals surface area contributed by atoms with Crippen LogP contribution in [-0.4, -0.2) is 12.8 Å². The summed E-state index contributed by atoms with van der Waals surface area (Å²) in [6.45, 7) is 2.95. The fourth-order valence-electron chi connectivity index (χ4n) is 1.78. The van der Waals surface area contributed by atoms with Crippen LogP contribution in [0.2, 0.25) is 0 Å². The van der Waals surface area contributed by atoms with Crippen molar-refractivity contribution in [3.8, 4) is 0 Å². The molecule has 1 aliphatic rings. The minimum absolute atomic E-state index is 0.832. The average molecular weight is 211 g/mol. The summed E-state index contributed by atoms with van der Waals surface area (Å²) in [5.41, 5.74) is 3.92.